The number of nitriles is 1. The normalized spacial score (nSPS) is 15.2. The summed E-state index contributed by atoms with van der Waals surface area (Å²) in [7, 11) is 2.11. The number of fused-ring (bicyclic) bond motifs is 1. The van der Waals surface area contributed by atoms with Crippen molar-refractivity contribution >= 4 is 23.0 Å². The minimum absolute atomic E-state index is 0.708. The highest BCUT2D eigenvalue weighted by Crippen LogP contribution is 2.32. The van der Waals surface area contributed by atoms with Crippen molar-refractivity contribution in [3.8, 4) is 6.07 Å². The van der Waals surface area contributed by atoms with Gasteiger partial charge in [-0.05, 0) is 55.1 Å². The second kappa shape index (κ2) is 5.77. The average Bonchev–Trinajstić information content (AvgIpc) is 2.65. The first-order chi connectivity index (χ1) is 10.2. The number of hydrogen-bond acceptors (Lipinski definition) is 3. The lowest BCUT2D eigenvalue weighted by Crippen LogP contribution is -2.26. The largest absolute Gasteiger partial charge is 0.340 e. The van der Waals surface area contributed by atoms with Gasteiger partial charge in [-0.15, -0.1) is 0 Å². The molecule has 0 saturated carbocycles. The maximum Gasteiger partial charge on any atom is 0.0991 e. The van der Waals surface area contributed by atoms with E-state index in [9.17, 15) is 0 Å². The van der Waals surface area contributed by atoms with Crippen molar-refractivity contribution in [2.75, 3.05) is 25.0 Å². The van der Waals surface area contributed by atoms with E-state index >= 15 is 0 Å². The van der Waals surface area contributed by atoms with E-state index in [4.69, 9.17) is 16.9 Å². The number of likely N-dealkylation sites (N-methyl/N-ethyl adjacent to an activating group) is 1. The lowest BCUT2D eigenvalue weighted by Gasteiger charge is -2.25. The van der Waals surface area contributed by atoms with E-state index in [1.165, 1.54) is 11.3 Å². The maximum atomic E-state index is 9.10. The van der Waals surface area contributed by atoms with Crippen LogP contribution in [-0.2, 0) is 6.54 Å². The van der Waals surface area contributed by atoms with Crippen molar-refractivity contribution < 1.29 is 0 Å². The van der Waals surface area contributed by atoms with Crippen LogP contribution in [0.2, 0.25) is 5.02 Å². The first-order valence-electron chi connectivity index (χ1n) is 6.92. The molecule has 21 heavy (non-hydrogen) atoms. The van der Waals surface area contributed by atoms with Crippen molar-refractivity contribution in [1.82, 2.24) is 4.90 Å². The quantitative estimate of drug-likeness (QED) is 0.802. The topological polar surface area (TPSA) is 30.3 Å². The molecule has 1 aliphatic heterocycles. The second-order valence-corrected chi connectivity index (χ2v) is 5.76. The highest BCUT2D eigenvalue weighted by Gasteiger charge is 2.19. The zero-order valence-electron chi connectivity index (χ0n) is 11.9. The number of anilines is 2. The molecule has 2 aromatic carbocycles. The van der Waals surface area contributed by atoms with Gasteiger partial charge in [-0.25, -0.2) is 0 Å². The van der Waals surface area contributed by atoms with Gasteiger partial charge in [0.25, 0.3) is 0 Å². The Labute approximate surface area is 130 Å². The van der Waals surface area contributed by atoms with Crippen molar-refractivity contribution in [1.29, 1.82) is 5.26 Å². The third-order valence-corrected chi connectivity index (χ3v) is 4.04. The van der Waals surface area contributed by atoms with Crippen LogP contribution in [0.1, 0.15) is 11.1 Å². The molecule has 3 nitrogen and oxygen atoms in total. The van der Waals surface area contributed by atoms with Crippen molar-refractivity contribution in [3.63, 3.8) is 0 Å². The Balaban J connectivity index is 2.07. The predicted molar refractivity (Wildman–Crippen MR) is 85.9 cm³/mol. The molecule has 0 saturated heterocycles. The standard InChI is InChI=1S/C17H16ClN3/c1-20-8-9-21(16-5-3-15(18)4-6-16)17-7-2-13(11-19)10-14(17)12-20/h2-7,10H,8-9,12H2,1H3. The van der Waals surface area contributed by atoms with E-state index in [0.29, 0.717) is 5.56 Å². The number of nitrogens with zero attached hydrogens (tertiary/aromatic N) is 3. The summed E-state index contributed by atoms with van der Waals surface area (Å²) >= 11 is 5.98. The van der Waals surface area contributed by atoms with Gasteiger partial charge in [0.2, 0.25) is 0 Å². The molecule has 3 rings (SSSR count). The first-order valence-corrected chi connectivity index (χ1v) is 7.30. The van der Waals surface area contributed by atoms with Crippen LogP contribution in [0.3, 0.4) is 0 Å². The molecule has 0 aromatic heterocycles. The first kappa shape index (κ1) is 13.9. The fourth-order valence-electron chi connectivity index (χ4n) is 2.70. The molecule has 0 unspecified atom stereocenters. The van der Waals surface area contributed by atoms with Gasteiger partial charge in [-0.3, -0.25) is 0 Å². The van der Waals surface area contributed by atoms with E-state index in [1.807, 2.05) is 42.5 Å². The van der Waals surface area contributed by atoms with Crippen LogP contribution in [0.5, 0.6) is 0 Å². The summed E-state index contributed by atoms with van der Waals surface area (Å²) in [6.07, 6.45) is 0. The van der Waals surface area contributed by atoms with Crippen LogP contribution in [-0.4, -0.2) is 25.0 Å². The molecule has 0 amide bonds. The SMILES string of the molecule is CN1CCN(c2ccc(Cl)cc2)c2ccc(C#N)cc2C1. The number of rotatable bonds is 1. The lowest BCUT2D eigenvalue weighted by molar-refractivity contribution is 0.343. The maximum absolute atomic E-state index is 9.10. The molecule has 1 aliphatic rings. The molecule has 0 fully saturated rings. The van der Waals surface area contributed by atoms with Crippen molar-refractivity contribution in [3.05, 3.63) is 58.6 Å². The summed E-state index contributed by atoms with van der Waals surface area (Å²) in [4.78, 5) is 4.56. The Hall–Kier alpha value is -2.02. The molecule has 0 spiro atoms. The molecular formula is C17H16ClN3. The zero-order chi connectivity index (χ0) is 14.8. The smallest absolute Gasteiger partial charge is 0.0991 e. The predicted octanol–water partition coefficient (Wildman–Crippen LogP) is 3.80. The molecule has 0 radical (unpaired) electrons. The van der Waals surface area contributed by atoms with Gasteiger partial charge in [-0.1, -0.05) is 11.6 Å². The Morgan fingerprint density at radius 1 is 1.10 bits per heavy atom. The monoisotopic (exact) mass is 297 g/mol. The van der Waals surface area contributed by atoms with Gasteiger partial charge in [0.1, 0.15) is 0 Å². The summed E-state index contributed by atoms with van der Waals surface area (Å²) in [6.45, 7) is 2.74. The van der Waals surface area contributed by atoms with Gasteiger partial charge >= 0.3 is 0 Å². The third kappa shape index (κ3) is 2.87. The van der Waals surface area contributed by atoms with Crippen LogP contribution in [0.4, 0.5) is 11.4 Å². The molecule has 0 atom stereocenters. The Kier molecular flexibility index (Phi) is 3.83. The fourth-order valence-corrected chi connectivity index (χ4v) is 2.82. The summed E-state index contributed by atoms with van der Waals surface area (Å²) in [5.74, 6) is 0. The Morgan fingerprint density at radius 3 is 2.57 bits per heavy atom. The lowest BCUT2D eigenvalue weighted by atomic mass is 10.1. The molecule has 2 aromatic rings. The number of halogens is 1. The molecule has 4 heteroatoms. The Bertz CT molecular complexity index is 688. The fraction of sp³-hybridized carbons (Fsp3) is 0.235. The molecule has 1 heterocycles. The van der Waals surface area contributed by atoms with E-state index in [-0.39, 0.29) is 0 Å². The molecule has 106 valence electrons. The third-order valence-electron chi connectivity index (χ3n) is 3.78. The molecule has 0 bridgehead atoms. The van der Waals surface area contributed by atoms with Crippen LogP contribution in [0.25, 0.3) is 0 Å². The summed E-state index contributed by atoms with van der Waals surface area (Å²) in [6, 6.07) is 16.0. The summed E-state index contributed by atoms with van der Waals surface area (Å²) < 4.78 is 0. The number of benzene rings is 2. The average molecular weight is 298 g/mol. The van der Waals surface area contributed by atoms with Crippen LogP contribution in [0.15, 0.2) is 42.5 Å². The van der Waals surface area contributed by atoms with Crippen LogP contribution >= 0.6 is 11.6 Å². The summed E-state index contributed by atoms with van der Waals surface area (Å²) in [5.41, 5.74) is 4.19. The van der Waals surface area contributed by atoms with Gasteiger partial charge in [0.05, 0.1) is 11.6 Å². The Morgan fingerprint density at radius 2 is 1.86 bits per heavy atom. The number of hydrogen-bond donors (Lipinski definition) is 0. The minimum Gasteiger partial charge on any atom is -0.340 e. The van der Waals surface area contributed by atoms with E-state index in [2.05, 4.69) is 22.9 Å². The molecular weight excluding hydrogens is 282 g/mol. The highest BCUT2D eigenvalue weighted by atomic mass is 35.5. The van der Waals surface area contributed by atoms with Gasteiger partial charge in [0.15, 0.2) is 0 Å². The van der Waals surface area contributed by atoms with E-state index in [0.717, 1.165) is 30.3 Å². The van der Waals surface area contributed by atoms with Gasteiger partial charge in [0, 0.05) is 36.0 Å². The molecule has 0 aliphatic carbocycles. The van der Waals surface area contributed by atoms with Gasteiger partial charge in [-0.2, -0.15) is 5.26 Å². The van der Waals surface area contributed by atoms with Crippen LogP contribution in [0, 0.1) is 11.3 Å². The summed E-state index contributed by atoms with van der Waals surface area (Å²) in [5, 5.41) is 9.84. The minimum atomic E-state index is 0.708. The van der Waals surface area contributed by atoms with E-state index in [1.54, 1.807) is 0 Å². The second-order valence-electron chi connectivity index (χ2n) is 5.32. The van der Waals surface area contributed by atoms with Crippen molar-refractivity contribution in [2.45, 2.75) is 6.54 Å². The molecule has 0 N–H and O–H groups in total. The van der Waals surface area contributed by atoms with Crippen molar-refractivity contribution in [2.24, 2.45) is 0 Å². The van der Waals surface area contributed by atoms with Gasteiger partial charge < -0.3 is 9.80 Å². The highest BCUT2D eigenvalue weighted by molar-refractivity contribution is 6.30. The zero-order valence-corrected chi connectivity index (χ0v) is 12.6. The van der Waals surface area contributed by atoms with E-state index < -0.39 is 0 Å². The van der Waals surface area contributed by atoms with Crippen LogP contribution < -0.4 is 4.90 Å².